The maximum atomic E-state index is 5.99. The summed E-state index contributed by atoms with van der Waals surface area (Å²) < 4.78 is 10.9. The highest BCUT2D eigenvalue weighted by Crippen LogP contribution is 2.21. The lowest BCUT2D eigenvalue weighted by Crippen LogP contribution is -2.35. The minimum atomic E-state index is -0.181. The zero-order valence-corrected chi connectivity index (χ0v) is 11.7. The standard InChI is InChI=1S/C11H20N4O2S/c1-15-4-5-16-9(7-15)10-13-11(17-14-10)8(12)3-6-18-2/h8-9H,3-7,12H2,1-2H3. The number of hydrogen-bond donors (Lipinski definition) is 1. The van der Waals surface area contributed by atoms with Gasteiger partial charge in [0.25, 0.3) is 0 Å². The topological polar surface area (TPSA) is 77.4 Å². The molecule has 7 heteroatoms. The van der Waals surface area contributed by atoms with Crippen molar-refractivity contribution in [1.29, 1.82) is 0 Å². The van der Waals surface area contributed by atoms with Crippen LogP contribution in [-0.4, -0.2) is 53.8 Å². The minimum absolute atomic E-state index is 0.103. The highest BCUT2D eigenvalue weighted by atomic mass is 32.2. The average Bonchev–Trinajstić information content (AvgIpc) is 2.85. The normalized spacial score (nSPS) is 23.2. The summed E-state index contributed by atoms with van der Waals surface area (Å²) in [7, 11) is 2.06. The molecule has 1 saturated heterocycles. The van der Waals surface area contributed by atoms with E-state index in [1.807, 2.05) is 0 Å². The molecule has 6 nitrogen and oxygen atoms in total. The first-order chi connectivity index (χ1) is 8.70. The van der Waals surface area contributed by atoms with E-state index in [1.165, 1.54) is 0 Å². The Bertz CT molecular complexity index is 374. The van der Waals surface area contributed by atoms with E-state index in [2.05, 4.69) is 28.3 Å². The second-order valence-corrected chi connectivity index (χ2v) is 5.49. The Labute approximate surface area is 111 Å². The number of nitrogens with zero attached hydrogens (tertiary/aromatic N) is 3. The van der Waals surface area contributed by atoms with Crippen LogP contribution in [0, 0.1) is 0 Å². The van der Waals surface area contributed by atoms with Gasteiger partial charge >= 0.3 is 0 Å². The van der Waals surface area contributed by atoms with E-state index in [-0.39, 0.29) is 12.1 Å². The monoisotopic (exact) mass is 272 g/mol. The van der Waals surface area contributed by atoms with Crippen molar-refractivity contribution in [3.05, 3.63) is 11.7 Å². The first-order valence-corrected chi connectivity index (χ1v) is 7.48. The summed E-state index contributed by atoms with van der Waals surface area (Å²) in [5.41, 5.74) is 5.99. The van der Waals surface area contributed by atoms with Gasteiger partial charge in [0, 0.05) is 13.1 Å². The van der Waals surface area contributed by atoms with Crippen molar-refractivity contribution in [1.82, 2.24) is 15.0 Å². The molecule has 0 aliphatic carbocycles. The molecule has 0 amide bonds. The molecule has 102 valence electrons. The molecule has 1 aromatic heterocycles. The molecule has 1 aliphatic rings. The maximum absolute atomic E-state index is 5.99. The number of ether oxygens (including phenoxy) is 1. The predicted molar refractivity (Wildman–Crippen MR) is 70.4 cm³/mol. The molecule has 2 rings (SSSR count). The van der Waals surface area contributed by atoms with Crippen molar-refractivity contribution in [3.63, 3.8) is 0 Å². The molecule has 0 bridgehead atoms. The quantitative estimate of drug-likeness (QED) is 0.850. The van der Waals surface area contributed by atoms with Gasteiger partial charge in [0.1, 0.15) is 6.10 Å². The number of morpholine rings is 1. The number of aromatic nitrogens is 2. The minimum Gasteiger partial charge on any atom is -0.367 e. The lowest BCUT2D eigenvalue weighted by Gasteiger charge is -2.27. The molecule has 2 heterocycles. The third-order valence-corrected chi connectivity index (χ3v) is 3.61. The summed E-state index contributed by atoms with van der Waals surface area (Å²) in [6.45, 7) is 2.43. The molecule has 1 fully saturated rings. The summed E-state index contributed by atoms with van der Waals surface area (Å²) >= 11 is 1.76. The van der Waals surface area contributed by atoms with E-state index >= 15 is 0 Å². The first kappa shape index (κ1) is 13.8. The Morgan fingerprint density at radius 2 is 2.44 bits per heavy atom. The lowest BCUT2D eigenvalue weighted by atomic mass is 10.2. The Hall–Kier alpha value is -0.630. The summed E-state index contributed by atoms with van der Waals surface area (Å²) in [5, 5.41) is 3.98. The summed E-state index contributed by atoms with van der Waals surface area (Å²) in [6.07, 6.45) is 2.79. The molecule has 2 unspecified atom stereocenters. The average molecular weight is 272 g/mol. The third-order valence-electron chi connectivity index (χ3n) is 2.97. The van der Waals surface area contributed by atoms with E-state index in [9.17, 15) is 0 Å². The Kier molecular flexibility index (Phi) is 4.99. The van der Waals surface area contributed by atoms with Crippen LogP contribution in [-0.2, 0) is 4.74 Å². The van der Waals surface area contributed by atoms with Gasteiger partial charge in [-0.05, 0) is 25.5 Å². The summed E-state index contributed by atoms with van der Waals surface area (Å²) in [5.74, 6) is 2.11. The van der Waals surface area contributed by atoms with Gasteiger partial charge in [-0.25, -0.2) is 0 Å². The fourth-order valence-corrected chi connectivity index (χ4v) is 2.32. The zero-order chi connectivity index (χ0) is 13.0. The largest absolute Gasteiger partial charge is 0.367 e. The Balaban J connectivity index is 1.96. The van der Waals surface area contributed by atoms with Crippen molar-refractivity contribution >= 4 is 11.8 Å². The Morgan fingerprint density at radius 1 is 1.61 bits per heavy atom. The van der Waals surface area contributed by atoms with Gasteiger partial charge < -0.3 is 19.9 Å². The van der Waals surface area contributed by atoms with Crippen molar-refractivity contribution in [2.24, 2.45) is 5.73 Å². The van der Waals surface area contributed by atoms with Crippen LogP contribution in [0.1, 0.15) is 30.3 Å². The molecule has 0 spiro atoms. The second kappa shape index (κ2) is 6.51. The molecule has 1 aromatic rings. The van der Waals surface area contributed by atoms with Gasteiger partial charge in [-0.2, -0.15) is 16.7 Å². The molecule has 18 heavy (non-hydrogen) atoms. The number of hydrogen-bond acceptors (Lipinski definition) is 7. The van der Waals surface area contributed by atoms with Crippen molar-refractivity contribution < 1.29 is 9.26 Å². The van der Waals surface area contributed by atoms with Crippen LogP contribution in [0.2, 0.25) is 0 Å². The number of thioether (sulfide) groups is 1. The van der Waals surface area contributed by atoms with Crippen LogP contribution in [0.25, 0.3) is 0 Å². The highest BCUT2D eigenvalue weighted by molar-refractivity contribution is 7.98. The fourth-order valence-electron chi connectivity index (χ4n) is 1.83. The zero-order valence-electron chi connectivity index (χ0n) is 10.8. The van der Waals surface area contributed by atoms with Crippen molar-refractivity contribution in [3.8, 4) is 0 Å². The van der Waals surface area contributed by atoms with Gasteiger partial charge in [0.15, 0.2) is 0 Å². The predicted octanol–water partition coefficient (Wildman–Crippen LogP) is 0.826. The van der Waals surface area contributed by atoms with E-state index in [0.717, 1.165) is 25.3 Å². The van der Waals surface area contributed by atoms with E-state index in [1.54, 1.807) is 11.8 Å². The van der Waals surface area contributed by atoms with Crippen LogP contribution in [0.5, 0.6) is 0 Å². The molecular weight excluding hydrogens is 252 g/mol. The van der Waals surface area contributed by atoms with Gasteiger partial charge in [-0.1, -0.05) is 5.16 Å². The molecule has 2 atom stereocenters. The summed E-state index contributed by atoms with van der Waals surface area (Å²) in [4.78, 5) is 6.55. The van der Waals surface area contributed by atoms with Crippen LogP contribution in [0.15, 0.2) is 4.52 Å². The smallest absolute Gasteiger partial charge is 0.243 e. The highest BCUT2D eigenvalue weighted by Gasteiger charge is 2.25. The maximum Gasteiger partial charge on any atom is 0.243 e. The fraction of sp³-hybridized carbons (Fsp3) is 0.818. The van der Waals surface area contributed by atoms with Crippen molar-refractivity contribution in [2.75, 3.05) is 38.8 Å². The van der Waals surface area contributed by atoms with Gasteiger partial charge in [0.05, 0.1) is 12.6 Å². The van der Waals surface area contributed by atoms with E-state index in [0.29, 0.717) is 18.3 Å². The van der Waals surface area contributed by atoms with Crippen LogP contribution >= 0.6 is 11.8 Å². The molecule has 0 saturated carbocycles. The van der Waals surface area contributed by atoms with E-state index < -0.39 is 0 Å². The van der Waals surface area contributed by atoms with Crippen LogP contribution < -0.4 is 5.73 Å². The van der Waals surface area contributed by atoms with Crippen LogP contribution in [0.3, 0.4) is 0 Å². The lowest BCUT2D eigenvalue weighted by molar-refractivity contribution is -0.0264. The number of likely N-dealkylation sites (N-methyl/N-ethyl adjacent to an activating group) is 1. The summed E-state index contributed by atoms with van der Waals surface area (Å²) in [6, 6.07) is -0.181. The van der Waals surface area contributed by atoms with Gasteiger partial charge in [0.2, 0.25) is 11.7 Å². The SMILES string of the molecule is CSCCC(N)c1nc(C2CN(C)CCO2)no1. The van der Waals surface area contributed by atoms with E-state index in [4.69, 9.17) is 15.0 Å². The molecule has 1 aliphatic heterocycles. The molecule has 2 N–H and O–H groups in total. The van der Waals surface area contributed by atoms with Crippen LogP contribution in [0.4, 0.5) is 0 Å². The number of nitrogens with two attached hydrogens (primary N) is 1. The van der Waals surface area contributed by atoms with Crippen molar-refractivity contribution in [2.45, 2.75) is 18.6 Å². The molecule has 0 radical (unpaired) electrons. The number of rotatable bonds is 5. The van der Waals surface area contributed by atoms with Gasteiger partial charge in [-0.15, -0.1) is 0 Å². The van der Waals surface area contributed by atoms with Gasteiger partial charge in [-0.3, -0.25) is 0 Å². The molecule has 0 aromatic carbocycles. The first-order valence-electron chi connectivity index (χ1n) is 6.09. The second-order valence-electron chi connectivity index (χ2n) is 4.50. The molecular formula is C11H20N4O2S. The third kappa shape index (κ3) is 3.44. The Morgan fingerprint density at radius 3 is 3.17 bits per heavy atom.